The number of rotatable bonds is 7. The lowest BCUT2D eigenvalue weighted by Gasteiger charge is -2.16. The third-order valence-corrected chi connectivity index (χ3v) is 4.89. The predicted octanol–water partition coefficient (Wildman–Crippen LogP) is 3.46. The number of fused-ring (bicyclic) bond motifs is 1. The van der Waals surface area contributed by atoms with E-state index in [1.807, 2.05) is 0 Å². The van der Waals surface area contributed by atoms with Gasteiger partial charge in [0, 0.05) is 29.8 Å². The summed E-state index contributed by atoms with van der Waals surface area (Å²) in [6.07, 6.45) is 1.59. The van der Waals surface area contributed by atoms with Crippen LogP contribution in [-0.2, 0) is 0 Å². The van der Waals surface area contributed by atoms with Crippen LogP contribution in [0.5, 0.6) is 17.2 Å². The molecule has 31 heavy (non-hydrogen) atoms. The number of benzene rings is 2. The zero-order valence-electron chi connectivity index (χ0n) is 16.8. The first-order chi connectivity index (χ1) is 14.8. The number of nitrogens with two attached hydrogens (primary N) is 1. The van der Waals surface area contributed by atoms with Gasteiger partial charge >= 0.3 is 0 Å². The van der Waals surface area contributed by atoms with Gasteiger partial charge in [-0.05, 0) is 43.4 Å². The van der Waals surface area contributed by atoms with Crippen molar-refractivity contribution in [1.82, 2.24) is 10.3 Å². The predicted molar refractivity (Wildman–Crippen MR) is 124 cm³/mol. The van der Waals surface area contributed by atoms with Crippen LogP contribution in [0.25, 0.3) is 10.9 Å². The van der Waals surface area contributed by atoms with Crippen molar-refractivity contribution < 1.29 is 19.4 Å². The highest BCUT2D eigenvalue weighted by Crippen LogP contribution is 2.35. The third-order valence-electron chi connectivity index (χ3n) is 4.36. The normalized spacial score (nSPS) is 11.6. The lowest BCUT2D eigenvalue weighted by atomic mass is 10.1. The van der Waals surface area contributed by atoms with Gasteiger partial charge in [0.1, 0.15) is 17.2 Å². The number of halogens is 1. The Morgan fingerprint density at radius 1 is 1.29 bits per heavy atom. The number of aliphatic hydroxyl groups excluding tert-OH is 1. The Morgan fingerprint density at radius 3 is 2.71 bits per heavy atom. The minimum Gasteiger partial charge on any atom is -0.496 e. The van der Waals surface area contributed by atoms with E-state index in [2.05, 4.69) is 15.6 Å². The van der Waals surface area contributed by atoms with Gasteiger partial charge in [-0.1, -0.05) is 11.6 Å². The number of carbonyl (C=O) groups excluding carboxylic acids is 1. The van der Waals surface area contributed by atoms with Gasteiger partial charge in [-0.3, -0.25) is 9.78 Å². The first kappa shape index (κ1) is 22.5. The van der Waals surface area contributed by atoms with E-state index in [-0.39, 0.29) is 18.2 Å². The average Bonchev–Trinajstić information content (AvgIpc) is 2.74. The van der Waals surface area contributed by atoms with Crippen molar-refractivity contribution in [3.63, 3.8) is 0 Å². The molecule has 5 N–H and O–H groups in total. The fourth-order valence-corrected chi connectivity index (χ4v) is 3.34. The number of thiocarbonyl (C=S) groups is 1. The Balaban J connectivity index is 1.87. The van der Waals surface area contributed by atoms with E-state index in [0.717, 1.165) is 0 Å². The van der Waals surface area contributed by atoms with Gasteiger partial charge < -0.3 is 30.9 Å². The molecule has 0 aliphatic heterocycles. The first-order valence-corrected chi connectivity index (χ1v) is 10.0. The third kappa shape index (κ3) is 5.32. The minimum atomic E-state index is -0.618. The van der Waals surface area contributed by atoms with E-state index >= 15 is 0 Å². The van der Waals surface area contributed by atoms with Crippen LogP contribution in [0.1, 0.15) is 17.3 Å². The van der Waals surface area contributed by atoms with Crippen LogP contribution in [0.2, 0.25) is 5.02 Å². The molecule has 3 rings (SSSR count). The molecule has 0 unspecified atom stereocenters. The van der Waals surface area contributed by atoms with Crippen LogP contribution in [0.15, 0.2) is 42.6 Å². The first-order valence-electron chi connectivity index (χ1n) is 9.24. The molecule has 1 amide bonds. The fourth-order valence-electron chi connectivity index (χ4n) is 2.81. The maximum Gasteiger partial charge on any atom is 0.252 e. The standard InChI is InChI=1S/C21H21ClN4O4S/c1-11(10-27)25-21(31)26-16-4-3-12(7-15(16)22)30-18-5-6-24-17-9-19(29-2)14(20(23)28)8-13(17)18/h3-9,11,27H,10H2,1-2H3,(H2,23,28)(H2,25,26,31)/t11-/m0/s1. The summed E-state index contributed by atoms with van der Waals surface area (Å²) < 4.78 is 11.2. The smallest absolute Gasteiger partial charge is 0.252 e. The maximum absolute atomic E-state index is 11.8. The highest BCUT2D eigenvalue weighted by Gasteiger charge is 2.15. The molecule has 0 saturated carbocycles. The zero-order valence-corrected chi connectivity index (χ0v) is 18.4. The number of aliphatic hydroxyl groups is 1. The van der Waals surface area contributed by atoms with Gasteiger partial charge in [0.05, 0.1) is 35.5 Å². The summed E-state index contributed by atoms with van der Waals surface area (Å²) in [6, 6.07) is 9.77. The van der Waals surface area contributed by atoms with Crippen molar-refractivity contribution in [2.75, 3.05) is 19.0 Å². The summed E-state index contributed by atoms with van der Waals surface area (Å²) >= 11 is 11.6. The molecule has 0 fully saturated rings. The highest BCUT2D eigenvalue weighted by molar-refractivity contribution is 7.80. The molecule has 0 saturated heterocycles. The number of hydrogen-bond donors (Lipinski definition) is 4. The molecule has 1 aromatic heterocycles. The molecule has 2 aromatic carbocycles. The molecular formula is C21H21ClN4O4S. The number of amides is 1. The number of primary amides is 1. The lowest BCUT2D eigenvalue weighted by molar-refractivity contribution is 0.0997. The number of anilines is 1. The molecule has 10 heteroatoms. The van der Waals surface area contributed by atoms with Gasteiger partial charge in [-0.15, -0.1) is 0 Å². The van der Waals surface area contributed by atoms with Crippen LogP contribution >= 0.6 is 23.8 Å². The molecule has 1 atom stereocenters. The number of aromatic nitrogens is 1. The van der Waals surface area contributed by atoms with Gasteiger partial charge in [-0.25, -0.2) is 0 Å². The van der Waals surface area contributed by atoms with E-state index in [1.165, 1.54) is 7.11 Å². The van der Waals surface area contributed by atoms with Crippen molar-refractivity contribution >= 4 is 51.4 Å². The van der Waals surface area contributed by atoms with Crippen molar-refractivity contribution in [3.8, 4) is 17.2 Å². The number of carbonyl (C=O) groups is 1. The summed E-state index contributed by atoms with van der Waals surface area (Å²) in [5.74, 6) is 0.665. The number of nitrogens with zero attached hydrogens (tertiary/aromatic N) is 1. The van der Waals surface area contributed by atoms with E-state index in [4.69, 9.17) is 44.1 Å². The number of methoxy groups -OCH3 is 1. The van der Waals surface area contributed by atoms with Crippen LogP contribution in [0, 0.1) is 0 Å². The molecule has 1 heterocycles. The summed E-state index contributed by atoms with van der Waals surface area (Å²) in [6.45, 7) is 1.75. The molecule has 0 spiro atoms. The monoisotopic (exact) mass is 460 g/mol. The molecule has 0 radical (unpaired) electrons. The van der Waals surface area contributed by atoms with Crippen molar-refractivity contribution in [1.29, 1.82) is 0 Å². The molecule has 0 aliphatic rings. The second-order valence-corrected chi connectivity index (χ2v) is 7.48. The molecule has 0 bridgehead atoms. The second-order valence-electron chi connectivity index (χ2n) is 6.67. The Labute approximate surface area is 189 Å². The van der Waals surface area contributed by atoms with Crippen LogP contribution < -0.4 is 25.8 Å². The Kier molecular flexibility index (Phi) is 7.11. The van der Waals surface area contributed by atoms with Gasteiger partial charge in [0.15, 0.2) is 5.11 Å². The molecule has 162 valence electrons. The highest BCUT2D eigenvalue weighted by atomic mass is 35.5. The van der Waals surface area contributed by atoms with E-state index in [9.17, 15) is 4.79 Å². The van der Waals surface area contributed by atoms with Crippen molar-refractivity contribution in [2.45, 2.75) is 13.0 Å². The summed E-state index contributed by atoms with van der Waals surface area (Å²) in [4.78, 5) is 16.1. The second kappa shape index (κ2) is 9.78. The Hall–Kier alpha value is -3.14. The fraction of sp³-hybridized carbons (Fsp3) is 0.190. The molecular weight excluding hydrogens is 440 g/mol. The minimum absolute atomic E-state index is 0.0500. The topological polar surface area (TPSA) is 119 Å². The van der Waals surface area contributed by atoms with Crippen LogP contribution in [0.4, 0.5) is 5.69 Å². The van der Waals surface area contributed by atoms with Crippen LogP contribution in [0.3, 0.4) is 0 Å². The van der Waals surface area contributed by atoms with Crippen LogP contribution in [-0.4, -0.2) is 40.9 Å². The largest absolute Gasteiger partial charge is 0.496 e. The van der Waals surface area contributed by atoms with Crippen molar-refractivity contribution in [2.24, 2.45) is 5.73 Å². The number of pyridine rings is 1. The maximum atomic E-state index is 11.8. The lowest BCUT2D eigenvalue weighted by Crippen LogP contribution is -2.37. The Morgan fingerprint density at radius 2 is 2.06 bits per heavy atom. The summed E-state index contributed by atoms with van der Waals surface area (Å²) in [5, 5.41) is 16.3. The van der Waals surface area contributed by atoms with E-state index in [0.29, 0.717) is 44.0 Å². The molecule has 8 nitrogen and oxygen atoms in total. The number of nitrogens with one attached hydrogen (secondary N) is 2. The Bertz CT molecular complexity index is 1140. The molecule has 0 aliphatic carbocycles. The van der Waals surface area contributed by atoms with Gasteiger partial charge in [-0.2, -0.15) is 0 Å². The SMILES string of the molecule is COc1cc2nccc(Oc3ccc(NC(=S)N[C@@H](C)CO)c(Cl)c3)c2cc1C(N)=O. The zero-order chi connectivity index (χ0) is 22.5. The van der Waals surface area contributed by atoms with E-state index < -0.39 is 5.91 Å². The number of hydrogen-bond acceptors (Lipinski definition) is 6. The van der Waals surface area contributed by atoms with Gasteiger partial charge in [0.2, 0.25) is 0 Å². The van der Waals surface area contributed by atoms with Gasteiger partial charge in [0.25, 0.3) is 5.91 Å². The van der Waals surface area contributed by atoms with E-state index in [1.54, 1.807) is 49.5 Å². The number of ether oxygens (including phenoxy) is 2. The van der Waals surface area contributed by atoms with Crippen molar-refractivity contribution in [3.05, 3.63) is 53.2 Å². The average molecular weight is 461 g/mol. The summed E-state index contributed by atoms with van der Waals surface area (Å²) in [5.41, 5.74) is 6.85. The quantitative estimate of drug-likeness (QED) is 0.396. The summed E-state index contributed by atoms with van der Waals surface area (Å²) in [7, 11) is 1.46. The molecule has 3 aromatic rings.